The predicted molar refractivity (Wildman–Crippen MR) is 95.6 cm³/mol. The number of pyridine rings is 1. The molecule has 0 aliphatic carbocycles. The normalized spacial score (nSPS) is 15.2. The Morgan fingerprint density at radius 2 is 2.08 bits per heavy atom. The summed E-state index contributed by atoms with van der Waals surface area (Å²) in [4.78, 5) is 37.9. The number of carbonyl (C=O) groups is 2. The lowest BCUT2D eigenvalue weighted by Gasteiger charge is -2.26. The second-order valence-electron chi connectivity index (χ2n) is 6.21. The van der Waals surface area contributed by atoms with Crippen LogP contribution >= 0.6 is 0 Å². The molecule has 2 heterocycles. The van der Waals surface area contributed by atoms with E-state index >= 15 is 0 Å². The maximum Gasteiger partial charge on any atom is 0.252 e. The minimum atomic E-state index is -0.245. The molecule has 7 heteroatoms. The number of nitrogens with one attached hydrogen (secondary N) is 2. The number of hydrogen-bond donors (Lipinski definition) is 2. The van der Waals surface area contributed by atoms with Crippen LogP contribution in [0.1, 0.15) is 16.8 Å². The average Bonchev–Trinajstić information content (AvgIpc) is 2.62. The van der Waals surface area contributed by atoms with Gasteiger partial charge in [0, 0.05) is 44.7 Å². The number of nitrogens with zero attached hydrogens (tertiary/aromatic N) is 2. The molecule has 2 amide bonds. The molecule has 1 fully saturated rings. The molecule has 1 aromatic heterocycles. The fraction of sp³-hybridized carbons (Fsp3) is 0.389. The van der Waals surface area contributed by atoms with Crippen LogP contribution in [0.4, 0.5) is 0 Å². The van der Waals surface area contributed by atoms with E-state index in [-0.39, 0.29) is 17.4 Å². The second-order valence-corrected chi connectivity index (χ2v) is 6.21. The van der Waals surface area contributed by atoms with Crippen molar-refractivity contribution < 1.29 is 9.59 Å². The number of rotatable bonds is 5. The number of fused-ring (bicyclic) bond motifs is 1. The van der Waals surface area contributed by atoms with Gasteiger partial charge in [-0.1, -0.05) is 18.2 Å². The fourth-order valence-corrected chi connectivity index (χ4v) is 3.08. The van der Waals surface area contributed by atoms with Gasteiger partial charge in [0.15, 0.2) is 0 Å². The van der Waals surface area contributed by atoms with Crippen molar-refractivity contribution in [2.75, 3.05) is 32.7 Å². The van der Waals surface area contributed by atoms with Crippen LogP contribution in [0.3, 0.4) is 0 Å². The summed E-state index contributed by atoms with van der Waals surface area (Å²) in [6.45, 7) is 3.17. The minimum absolute atomic E-state index is 0.0434. The summed E-state index contributed by atoms with van der Waals surface area (Å²) in [6, 6.07) is 8.75. The Balaban J connectivity index is 1.62. The largest absolute Gasteiger partial charge is 0.354 e. The molecule has 2 aromatic rings. The molecule has 25 heavy (non-hydrogen) atoms. The molecule has 1 saturated heterocycles. The summed E-state index contributed by atoms with van der Waals surface area (Å²) < 4.78 is 1.54. The third-order valence-corrected chi connectivity index (χ3v) is 4.45. The fourth-order valence-electron chi connectivity index (χ4n) is 3.08. The van der Waals surface area contributed by atoms with Gasteiger partial charge < -0.3 is 15.2 Å². The van der Waals surface area contributed by atoms with Crippen LogP contribution in [0.25, 0.3) is 10.9 Å². The SMILES string of the molecule is Cn1c(=O)cc(C(=O)NCCCN2CCNC(=O)C2)c2ccccc21. The molecular formula is C18H22N4O3. The zero-order valence-corrected chi connectivity index (χ0v) is 14.2. The van der Waals surface area contributed by atoms with Crippen LogP contribution in [0.5, 0.6) is 0 Å². The Labute approximate surface area is 145 Å². The van der Waals surface area contributed by atoms with E-state index in [9.17, 15) is 14.4 Å². The molecule has 1 aliphatic rings. The monoisotopic (exact) mass is 342 g/mol. The summed E-state index contributed by atoms with van der Waals surface area (Å²) >= 11 is 0. The highest BCUT2D eigenvalue weighted by atomic mass is 16.2. The van der Waals surface area contributed by atoms with Gasteiger partial charge in [-0.2, -0.15) is 0 Å². The van der Waals surface area contributed by atoms with Crippen molar-refractivity contribution in [3.05, 3.63) is 46.2 Å². The first kappa shape index (κ1) is 17.2. The third kappa shape index (κ3) is 3.88. The molecule has 1 aliphatic heterocycles. The summed E-state index contributed by atoms with van der Waals surface area (Å²) in [7, 11) is 1.70. The molecule has 2 N–H and O–H groups in total. The van der Waals surface area contributed by atoms with Gasteiger partial charge in [-0.25, -0.2) is 0 Å². The van der Waals surface area contributed by atoms with E-state index in [1.165, 1.54) is 10.6 Å². The quantitative estimate of drug-likeness (QED) is 0.755. The maximum atomic E-state index is 12.5. The summed E-state index contributed by atoms with van der Waals surface area (Å²) in [6.07, 6.45) is 0.752. The standard InChI is InChI=1S/C18H22N4O3/c1-21-15-6-3-2-5-13(15)14(11-17(21)24)18(25)20-7-4-9-22-10-8-19-16(23)12-22/h2-3,5-6,11H,4,7-10,12H2,1H3,(H,19,23)(H,20,25). The number of benzene rings is 1. The molecule has 0 spiro atoms. The second kappa shape index (κ2) is 7.48. The number of carbonyl (C=O) groups excluding carboxylic acids is 2. The molecule has 7 nitrogen and oxygen atoms in total. The van der Waals surface area contributed by atoms with E-state index in [0.717, 1.165) is 30.4 Å². The van der Waals surface area contributed by atoms with Crippen LogP contribution in [-0.4, -0.2) is 54.0 Å². The van der Waals surface area contributed by atoms with E-state index in [0.29, 0.717) is 25.2 Å². The van der Waals surface area contributed by atoms with E-state index in [2.05, 4.69) is 15.5 Å². The zero-order chi connectivity index (χ0) is 17.8. The highest BCUT2D eigenvalue weighted by molar-refractivity contribution is 6.06. The molecule has 0 bridgehead atoms. The zero-order valence-electron chi connectivity index (χ0n) is 14.2. The molecule has 132 valence electrons. The van der Waals surface area contributed by atoms with Crippen LogP contribution in [0.2, 0.25) is 0 Å². The van der Waals surface area contributed by atoms with Gasteiger partial charge in [0.2, 0.25) is 5.91 Å². The Morgan fingerprint density at radius 3 is 2.88 bits per heavy atom. The number of aromatic nitrogens is 1. The lowest BCUT2D eigenvalue weighted by Crippen LogP contribution is -2.48. The van der Waals surface area contributed by atoms with Crippen molar-refractivity contribution in [3.8, 4) is 0 Å². The van der Waals surface area contributed by atoms with Crippen molar-refractivity contribution >= 4 is 22.7 Å². The topological polar surface area (TPSA) is 83.4 Å². The van der Waals surface area contributed by atoms with Gasteiger partial charge in [-0.15, -0.1) is 0 Å². The lowest BCUT2D eigenvalue weighted by atomic mass is 10.1. The van der Waals surface area contributed by atoms with Gasteiger partial charge in [0.05, 0.1) is 17.6 Å². The van der Waals surface area contributed by atoms with Gasteiger partial charge in [0.1, 0.15) is 0 Å². The van der Waals surface area contributed by atoms with Crippen molar-refractivity contribution in [2.45, 2.75) is 6.42 Å². The van der Waals surface area contributed by atoms with Crippen LogP contribution < -0.4 is 16.2 Å². The van der Waals surface area contributed by atoms with E-state index < -0.39 is 0 Å². The van der Waals surface area contributed by atoms with Gasteiger partial charge in [-0.3, -0.25) is 19.3 Å². The Bertz CT molecular complexity index is 859. The van der Waals surface area contributed by atoms with Crippen molar-refractivity contribution in [2.24, 2.45) is 7.05 Å². The summed E-state index contributed by atoms with van der Waals surface area (Å²) in [5, 5.41) is 6.42. The third-order valence-electron chi connectivity index (χ3n) is 4.45. The maximum absolute atomic E-state index is 12.5. The molecular weight excluding hydrogens is 320 g/mol. The highest BCUT2D eigenvalue weighted by Crippen LogP contribution is 2.16. The van der Waals surface area contributed by atoms with Crippen molar-refractivity contribution in [1.29, 1.82) is 0 Å². The minimum Gasteiger partial charge on any atom is -0.354 e. The van der Waals surface area contributed by atoms with Crippen LogP contribution in [0, 0.1) is 0 Å². The van der Waals surface area contributed by atoms with Crippen LogP contribution in [-0.2, 0) is 11.8 Å². The van der Waals surface area contributed by atoms with E-state index in [1.807, 2.05) is 24.3 Å². The first-order valence-corrected chi connectivity index (χ1v) is 8.42. The van der Waals surface area contributed by atoms with Crippen LogP contribution in [0.15, 0.2) is 35.1 Å². The first-order chi connectivity index (χ1) is 12.1. The average molecular weight is 342 g/mol. The van der Waals surface area contributed by atoms with Gasteiger partial charge in [-0.05, 0) is 12.5 Å². The molecule has 0 atom stereocenters. The number of amides is 2. The Morgan fingerprint density at radius 1 is 1.28 bits per heavy atom. The number of para-hydroxylation sites is 1. The van der Waals surface area contributed by atoms with E-state index in [1.54, 1.807) is 7.05 Å². The highest BCUT2D eigenvalue weighted by Gasteiger charge is 2.16. The Hall–Kier alpha value is -2.67. The van der Waals surface area contributed by atoms with Crippen molar-refractivity contribution in [1.82, 2.24) is 20.1 Å². The Kier molecular flexibility index (Phi) is 5.14. The molecule has 3 rings (SSSR count). The molecule has 0 radical (unpaired) electrons. The van der Waals surface area contributed by atoms with E-state index in [4.69, 9.17) is 0 Å². The number of aryl methyl sites for hydroxylation is 1. The number of piperazine rings is 1. The molecule has 1 aromatic carbocycles. The lowest BCUT2D eigenvalue weighted by molar-refractivity contribution is -0.124. The van der Waals surface area contributed by atoms with Gasteiger partial charge >= 0.3 is 0 Å². The van der Waals surface area contributed by atoms with Gasteiger partial charge in [0.25, 0.3) is 11.5 Å². The summed E-state index contributed by atoms with van der Waals surface area (Å²) in [5.74, 6) is -0.202. The molecule has 0 unspecified atom stereocenters. The molecule has 0 saturated carbocycles. The predicted octanol–water partition coefficient (Wildman–Crippen LogP) is 0.0902. The van der Waals surface area contributed by atoms with Crippen molar-refractivity contribution in [3.63, 3.8) is 0 Å². The summed E-state index contributed by atoms with van der Waals surface area (Å²) in [5.41, 5.74) is 0.929. The first-order valence-electron chi connectivity index (χ1n) is 8.42. The number of hydrogen-bond acceptors (Lipinski definition) is 4. The smallest absolute Gasteiger partial charge is 0.252 e.